The van der Waals surface area contributed by atoms with Gasteiger partial charge in [-0.15, -0.1) is 0 Å². The molecule has 144 valence electrons. The lowest BCUT2D eigenvalue weighted by Gasteiger charge is -2.15. The Morgan fingerprint density at radius 3 is 1.65 bits per heavy atom. The minimum atomic E-state index is 0.732. The molecule has 0 bridgehead atoms. The van der Waals surface area contributed by atoms with Crippen LogP contribution in [0.5, 0.6) is 0 Å². The monoisotopic (exact) mass is 395 g/mol. The SMILES string of the molecule is [O-][n+]1cccc2ccc3ccc4ccc5c6ccccc6c6ccccc6c5c4c3c21. The van der Waals surface area contributed by atoms with Gasteiger partial charge in [0.15, 0.2) is 6.20 Å². The largest absolute Gasteiger partial charge is 0.618 e. The van der Waals surface area contributed by atoms with Gasteiger partial charge >= 0.3 is 0 Å². The highest BCUT2D eigenvalue weighted by Crippen LogP contribution is 2.42. The smallest absolute Gasteiger partial charge is 0.232 e. The van der Waals surface area contributed by atoms with Crippen LogP contribution in [0.2, 0.25) is 0 Å². The zero-order valence-electron chi connectivity index (χ0n) is 16.7. The molecule has 1 heterocycles. The van der Waals surface area contributed by atoms with Crippen molar-refractivity contribution in [1.82, 2.24) is 0 Å². The Balaban J connectivity index is 1.92. The zero-order valence-corrected chi connectivity index (χ0v) is 16.7. The minimum absolute atomic E-state index is 0.732. The third kappa shape index (κ3) is 2.14. The Morgan fingerprint density at radius 2 is 0.935 bits per heavy atom. The topological polar surface area (TPSA) is 26.9 Å². The molecular formula is C29H17NO. The highest BCUT2D eigenvalue weighted by atomic mass is 16.5. The van der Waals surface area contributed by atoms with Gasteiger partial charge in [-0.2, -0.15) is 4.73 Å². The lowest BCUT2D eigenvalue weighted by molar-refractivity contribution is -0.576. The minimum Gasteiger partial charge on any atom is -0.618 e. The Hall–Kier alpha value is -4.17. The number of benzene rings is 6. The molecule has 0 aliphatic heterocycles. The van der Waals surface area contributed by atoms with Crippen LogP contribution in [0.25, 0.3) is 64.8 Å². The summed E-state index contributed by atoms with van der Waals surface area (Å²) in [6.45, 7) is 0. The van der Waals surface area contributed by atoms with E-state index in [9.17, 15) is 5.21 Å². The van der Waals surface area contributed by atoms with Crippen LogP contribution in [0.1, 0.15) is 0 Å². The van der Waals surface area contributed by atoms with E-state index < -0.39 is 0 Å². The van der Waals surface area contributed by atoms with Gasteiger partial charge in [0.2, 0.25) is 5.52 Å². The van der Waals surface area contributed by atoms with Gasteiger partial charge in [-0.05, 0) is 55.2 Å². The van der Waals surface area contributed by atoms with Crippen LogP contribution in [0.4, 0.5) is 0 Å². The number of aromatic nitrogens is 1. The Bertz CT molecular complexity index is 1810. The van der Waals surface area contributed by atoms with Crippen molar-refractivity contribution in [2.24, 2.45) is 0 Å². The molecule has 2 nitrogen and oxygen atoms in total. The van der Waals surface area contributed by atoms with Gasteiger partial charge in [0.05, 0.1) is 5.39 Å². The van der Waals surface area contributed by atoms with E-state index in [0.29, 0.717) is 0 Å². The molecule has 0 aliphatic carbocycles. The summed E-state index contributed by atoms with van der Waals surface area (Å²) in [5.74, 6) is 0. The molecule has 0 unspecified atom stereocenters. The summed E-state index contributed by atoms with van der Waals surface area (Å²) in [6, 6.07) is 33.9. The molecule has 6 aromatic carbocycles. The van der Waals surface area contributed by atoms with Crippen LogP contribution in [-0.2, 0) is 0 Å². The number of rotatable bonds is 0. The molecule has 0 saturated carbocycles. The summed E-state index contributed by atoms with van der Waals surface area (Å²) in [7, 11) is 0. The van der Waals surface area contributed by atoms with Gasteiger partial charge in [0.25, 0.3) is 0 Å². The molecule has 0 fully saturated rings. The number of hydrogen-bond donors (Lipinski definition) is 0. The van der Waals surface area contributed by atoms with Gasteiger partial charge in [0, 0.05) is 16.8 Å². The van der Waals surface area contributed by atoms with Gasteiger partial charge in [-0.3, -0.25) is 0 Å². The van der Waals surface area contributed by atoms with Crippen molar-refractivity contribution < 1.29 is 4.73 Å². The van der Waals surface area contributed by atoms with E-state index in [1.54, 1.807) is 6.20 Å². The first-order valence-electron chi connectivity index (χ1n) is 10.5. The Morgan fingerprint density at radius 1 is 0.419 bits per heavy atom. The highest BCUT2D eigenvalue weighted by Gasteiger charge is 2.17. The number of pyridine rings is 1. The summed E-state index contributed by atoms with van der Waals surface area (Å²) < 4.78 is 1.01. The molecule has 2 heteroatoms. The number of fused-ring (bicyclic) bond motifs is 12. The molecule has 0 aliphatic rings. The normalized spacial score (nSPS) is 12.0. The Kier molecular flexibility index (Phi) is 3.18. The third-order valence-corrected chi connectivity index (χ3v) is 6.59. The van der Waals surface area contributed by atoms with E-state index >= 15 is 0 Å². The summed E-state index contributed by atoms with van der Waals surface area (Å²) in [6.07, 6.45) is 1.60. The van der Waals surface area contributed by atoms with Crippen molar-refractivity contribution in [2.75, 3.05) is 0 Å². The second kappa shape index (κ2) is 5.93. The first-order chi connectivity index (χ1) is 15.3. The lowest BCUT2D eigenvalue weighted by Crippen LogP contribution is -2.26. The molecule has 1 aromatic heterocycles. The second-order valence-electron chi connectivity index (χ2n) is 8.18. The maximum absolute atomic E-state index is 13.0. The fourth-order valence-corrected chi connectivity index (χ4v) is 5.30. The Labute approximate surface area is 178 Å². The summed E-state index contributed by atoms with van der Waals surface area (Å²) >= 11 is 0. The van der Waals surface area contributed by atoms with Crippen LogP contribution in [0, 0.1) is 5.21 Å². The summed E-state index contributed by atoms with van der Waals surface area (Å²) in [5.41, 5.74) is 0.732. The van der Waals surface area contributed by atoms with Gasteiger partial charge in [-0.25, -0.2) is 0 Å². The first-order valence-corrected chi connectivity index (χ1v) is 10.5. The molecular weight excluding hydrogens is 378 g/mol. The average molecular weight is 395 g/mol. The molecule has 0 atom stereocenters. The summed E-state index contributed by atoms with van der Waals surface area (Å²) in [4.78, 5) is 0. The maximum Gasteiger partial charge on any atom is 0.232 e. The van der Waals surface area contributed by atoms with E-state index in [4.69, 9.17) is 0 Å². The van der Waals surface area contributed by atoms with E-state index in [0.717, 1.165) is 37.2 Å². The predicted molar refractivity (Wildman–Crippen MR) is 130 cm³/mol. The predicted octanol–water partition coefficient (Wildman–Crippen LogP) is 7.24. The van der Waals surface area contributed by atoms with Crippen molar-refractivity contribution in [3.05, 3.63) is 108 Å². The van der Waals surface area contributed by atoms with Crippen molar-refractivity contribution in [3.63, 3.8) is 0 Å². The van der Waals surface area contributed by atoms with E-state index in [1.807, 2.05) is 18.2 Å². The molecule has 31 heavy (non-hydrogen) atoms. The third-order valence-electron chi connectivity index (χ3n) is 6.59. The molecule has 0 N–H and O–H groups in total. The van der Waals surface area contributed by atoms with E-state index in [1.165, 1.54) is 32.3 Å². The fourth-order valence-electron chi connectivity index (χ4n) is 5.30. The van der Waals surface area contributed by atoms with Crippen LogP contribution >= 0.6 is 0 Å². The molecule has 0 spiro atoms. The van der Waals surface area contributed by atoms with Crippen molar-refractivity contribution in [1.29, 1.82) is 0 Å². The standard InChI is InChI=1S/C29H17NO/c31-30-17-5-6-20-14-13-19-12-11-18-15-16-25-23-9-2-1-7-21(23)22-8-3-4-10-24(22)28(25)26(18)27(19)29(20)30/h1-17H. The van der Waals surface area contributed by atoms with Crippen LogP contribution in [-0.4, -0.2) is 0 Å². The van der Waals surface area contributed by atoms with E-state index in [2.05, 4.69) is 78.9 Å². The van der Waals surface area contributed by atoms with Crippen LogP contribution < -0.4 is 4.73 Å². The number of nitrogens with zero attached hydrogens (tertiary/aromatic N) is 1. The molecule has 0 radical (unpaired) electrons. The van der Waals surface area contributed by atoms with Crippen LogP contribution in [0.15, 0.2) is 103 Å². The second-order valence-corrected chi connectivity index (χ2v) is 8.18. The van der Waals surface area contributed by atoms with Crippen molar-refractivity contribution >= 4 is 64.8 Å². The van der Waals surface area contributed by atoms with Crippen LogP contribution in [0.3, 0.4) is 0 Å². The van der Waals surface area contributed by atoms with Crippen molar-refractivity contribution in [3.8, 4) is 0 Å². The quantitative estimate of drug-likeness (QED) is 0.151. The van der Waals surface area contributed by atoms with Crippen molar-refractivity contribution in [2.45, 2.75) is 0 Å². The van der Waals surface area contributed by atoms with Gasteiger partial charge in [-0.1, -0.05) is 78.9 Å². The molecule has 0 amide bonds. The van der Waals surface area contributed by atoms with Gasteiger partial charge < -0.3 is 5.21 Å². The first kappa shape index (κ1) is 16.6. The summed E-state index contributed by atoms with van der Waals surface area (Å²) in [5, 5.41) is 25.7. The highest BCUT2D eigenvalue weighted by molar-refractivity contribution is 6.36. The molecule has 0 saturated heterocycles. The molecule has 7 rings (SSSR count). The average Bonchev–Trinajstić information content (AvgIpc) is 2.83. The van der Waals surface area contributed by atoms with E-state index in [-0.39, 0.29) is 0 Å². The number of hydrogen-bond acceptors (Lipinski definition) is 1. The molecule has 7 aromatic rings. The lowest BCUT2D eigenvalue weighted by atomic mass is 9.88. The fraction of sp³-hybridized carbons (Fsp3) is 0. The maximum atomic E-state index is 13.0. The van der Waals surface area contributed by atoms with Gasteiger partial charge in [0.1, 0.15) is 0 Å². The zero-order chi connectivity index (χ0) is 20.5.